The Hall–Kier alpha value is -0.850. The lowest BCUT2D eigenvalue weighted by atomic mass is 9.76. The third kappa shape index (κ3) is 5.64. The van der Waals surface area contributed by atoms with Gasteiger partial charge >= 0.3 is 6.09 Å². The van der Waals surface area contributed by atoms with E-state index in [1.165, 1.54) is 0 Å². The van der Waals surface area contributed by atoms with E-state index in [1.807, 2.05) is 20.8 Å². The van der Waals surface area contributed by atoms with Gasteiger partial charge in [-0.1, -0.05) is 0 Å². The van der Waals surface area contributed by atoms with Crippen LogP contribution in [0.1, 0.15) is 40.0 Å². The van der Waals surface area contributed by atoms with Crippen molar-refractivity contribution in [3.8, 4) is 0 Å². The van der Waals surface area contributed by atoms with Gasteiger partial charge in [0, 0.05) is 27.3 Å². The molecule has 0 aromatic carbocycles. The normalized spacial score (nSPS) is 17.7. The minimum atomic E-state index is -0.473. The highest BCUT2D eigenvalue weighted by molar-refractivity contribution is 5.69. The monoisotopic (exact) mass is 288 g/mol. The molecule has 6 heteroatoms. The Bertz CT molecular complexity index is 307. The molecule has 20 heavy (non-hydrogen) atoms. The van der Waals surface area contributed by atoms with Crippen LogP contribution in [-0.4, -0.2) is 50.8 Å². The molecule has 0 aromatic rings. The number of hydrogen-bond donors (Lipinski definition) is 2. The molecule has 1 rings (SSSR count). The molecule has 0 aliphatic heterocycles. The summed E-state index contributed by atoms with van der Waals surface area (Å²) in [6, 6.07) is 0. The highest BCUT2D eigenvalue weighted by Gasteiger charge is 2.39. The zero-order valence-corrected chi connectivity index (χ0v) is 13.2. The van der Waals surface area contributed by atoms with E-state index in [0.29, 0.717) is 13.1 Å². The number of ether oxygens (including phenoxy) is 3. The summed E-state index contributed by atoms with van der Waals surface area (Å²) < 4.78 is 15.5. The van der Waals surface area contributed by atoms with Gasteiger partial charge in [-0.3, -0.25) is 0 Å². The van der Waals surface area contributed by atoms with Gasteiger partial charge in [-0.05, 0) is 40.0 Å². The summed E-state index contributed by atoms with van der Waals surface area (Å²) >= 11 is 0. The van der Waals surface area contributed by atoms with Crippen LogP contribution in [0.2, 0.25) is 0 Å². The fraction of sp³-hybridized carbons (Fsp3) is 0.929. The standard InChI is InChI=1S/C14H28N2O4/c1-13(2,3)20-12(17)16-14(7-6-8-14)10-15-9-11(18-4)19-5/h11,15H,6-10H2,1-5H3,(H,16,17). The molecular formula is C14H28N2O4. The molecule has 118 valence electrons. The molecule has 0 spiro atoms. The number of hydrogen-bond acceptors (Lipinski definition) is 5. The van der Waals surface area contributed by atoms with Gasteiger partial charge in [-0.15, -0.1) is 0 Å². The summed E-state index contributed by atoms with van der Waals surface area (Å²) in [6.07, 6.45) is 2.42. The van der Waals surface area contributed by atoms with Gasteiger partial charge in [0.1, 0.15) is 5.60 Å². The lowest BCUT2D eigenvalue weighted by molar-refractivity contribution is -0.0995. The predicted octanol–water partition coefficient (Wildman–Crippen LogP) is 1.64. The number of alkyl carbamates (subject to hydrolysis) is 1. The van der Waals surface area contributed by atoms with E-state index in [0.717, 1.165) is 19.3 Å². The molecule has 1 saturated carbocycles. The Morgan fingerprint density at radius 1 is 1.25 bits per heavy atom. The van der Waals surface area contributed by atoms with Crippen LogP contribution in [0.3, 0.4) is 0 Å². The maximum Gasteiger partial charge on any atom is 0.408 e. The average molecular weight is 288 g/mol. The Morgan fingerprint density at radius 3 is 2.25 bits per heavy atom. The van der Waals surface area contributed by atoms with Crippen LogP contribution in [0.5, 0.6) is 0 Å². The van der Waals surface area contributed by atoms with Crippen molar-refractivity contribution in [1.82, 2.24) is 10.6 Å². The Morgan fingerprint density at radius 2 is 1.85 bits per heavy atom. The molecule has 2 N–H and O–H groups in total. The number of carbonyl (C=O) groups is 1. The summed E-state index contributed by atoms with van der Waals surface area (Å²) in [5.41, 5.74) is -0.673. The maximum absolute atomic E-state index is 11.9. The van der Waals surface area contributed by atoms with E-state index < -0.39 is 5.60 Å². The largest absolute Gasteiger partial charge is 0.444 e. The summed E-state index contributed by atoms with van der Waals surface area (Å²) in [7, 11) is 3.21. The Labute approximate surface area is 121 Å². The van der Waals surface area contributed by atoms with Crippen molar-refractivity contribution in [2.24, 2.45) is 0 Å². The van der Waals surface area contributed by atoms with E-state index in [-0.39, 0.29) is 17.9 Å². The number of nitrogens with one attached hydrogen (secondary N) is 2. The number of amides is 1. The van der Waals surface area contributed by atoms with Crippen molar-refractivity contribution >= 4 is 6.09 Å². The van der Waals surface area contributed by atoms with Gasteiger partial charge in [-0.25, -0.2) is 4.79 Å². The Kier molecular flexibility index (Phi) is 6.23. The molecule has 0 bridgehead atoms. The van der Waals surface area contributed by atoms with Crippen molar-refractivity contribution in [1.29, 1.82) is 0 Å². The summed E-state index contributed by atoms with van der Waals surface area (Å²) in [4.78, 5) is 11.9. The second kappa shape index (κ2) is 7.24. The second-order valence-corrected chi connectivity index (χ2v) is 6.29. The molecule has 6 nitrogen and oxygen atoms in total. The van der Waals surface area contributed by atoms with Crippen LogP contribution >= 0.6 is 0 Å². The molecule has 1 fully saturated rings. The van der Waals surface area contributed by atoms with Crippen LogP contribution in [0, 0.1) is 0 Å². The third-order valence-electron chi connectivity index (χ3n) is 3.38. The smallest absolute Gasteiger partial charge is 0.408 e. The van der Waals surface area contributed by atoms with Crippen molar-refractivity contribution in [2.45, 2.75) is 57.5 Å². The Balaban J connectivity index is 2.38. The molecule has 0 radical (unpaired) electrons. The average Bonchev–Trinajstić information content (AvgIpc) is 2.28. The fourth-order valence-corrected chi connectivity index (χ4v) is 2.16. The van der Waals surface area contributed by atoms with Gasteiger partial charge < -0.3 is 24.8 Å². The van der Waals surface area contributed by atoms with Crippen molar-refractivity contribution < 1.29 is 19.0 Å². The molecular weight excluding hydrogens is 260 g/mol. The van der Waals surface area contributed by atoms with Crippen LogP contribution < -0.4 is 10.6 Å². The van der Waals surface area contributed by atoms with Gasteiger partial charge in [0.15, 0.2) is 6.29 Å². The highest BCUT2D eigenvalue weighted by atomic mass is 16.7. The van der Waals surface area contributed by atoms with Crippen molar-refractivity contribution in [3.63, 3.8) is 0 Å². The SMILES string of the molecule is COC(CNCC1(NC(=O)OC(C)(C)C)CCC1)OC. The molecule has 0 atom stereocenters. The molecule has 0 saturated heterocycles. The first-order valence-corrected chi connectivity index (χ1v) is 7.08. The van der Waals surface area contributed by atoms with Gasteiger partial charge in [0.05, 0.1) is 5.54 Å². The summed E-state index contributed by atoms with van der Waals surface area (Å²) in [5.74, 6) is 0. The summed E-state index contributed by atoms with van der Waals surface area (Å²) in [6.45, 7) is 6.86. The van der Waals surface area contributed by atoms with E-state index in [1.54, 1.807) is 14.2 Å². The van der Waals surface area contributed by atoms with Crippen LogP contribution in [0.15, 0.2) is 0 Å². The van der Waals surface area contributed by atoms with Gasteiger partial charge in [0.2, 0.25) is 0 Å². The second-order valence-electron chi connectivity index (χ2n) is 6.29. The molecule has 0 aromatic heterocycles. The number of methoxy groups -OCH3 is 2. The number of carbonyl (C=O) groups excluding carboxylic acids is 1. The fourth-order valence-electron chi connectivity index (χ4n) is 2.16. The lowest BCUT2D eigenvalue weighted by Gasteiger charge is -2.43. The van der Waals surface area contributed by atoms with E-state index in [9.17, 15) is 4.79 Å². The molecule has 1 aliphatic carbocycles. The zero-order chi connectivity index (χ0) is 15.2. The van der Waals surface area contributed by atoms with E-state index >= 15 is 0 Å². The molecule has 0 unspecified atom stereocenters. The summed E-state index contributed by atoms with van der Waals surface area (Å²) in [5, 5.41) is 6.27. The van der Waals surface area contributed by atoms with Crippen molar-refractivity contribution in [3.05, 3.63) is 0 Å². The molecule has 1 aliphatic rings. The quantitative estimate of drug-likeness (QED) is 0.697. The first kappa shape index (κ1) is 17.2. The van der Waals surface area contributed by atoms with Crippen LogP contribution in [-0.2, 0) is 14.2 Å². The number of rotatable bonds is 7. The van der Waals surface area contributed by atoms with E-state index in [4.69, 9.17) is 14.2 Å². The topological polar surface area (TPSA) is 68.8 Å². The van der Waals surface area contributed by atoms with Crippen LogP contribution in [0.25, 0.3) is 0 Å². The van der Waals surface area contributed by atoms with Crippen molar-refractivity contribution in [2.75, 3.05) is 27.3 Å². The molecule has 0 heterocycles. The minimum Gasteiger partial charge on any atom is -0.444 e. The highest BCUT2D eigenvalue weighted by Crippen LogP contribution is 2.31. The van der Waals surface area contributed by atoms with Crippen LogP contribution in [0.4, 0.5) is 4.79 Å². The first-order valence-electron chi connectivity index (χ1n) is 7.08. The maximum atomic E-state index is 11.9. The molecule has 1 amide bonds. The predicted molar refractivity (Wildman–Crippen MR) is 76.6 cm³/mol. The first-order chi connectivity index (χ1) is 9.30. The van der Waals surface area contributed by atoms with Gasteiger partial charge in [0.25, 0.3) is 0 Å². The van der Waals surface area contributed by atoms with Gasteiger partial charge in [-0.2, -0.15) is 0 Å². The van der Waals surface area contributed by atoms with E-state index in [2.05, 4.69) is 10.6 Å². The third-order valence-corrected chi connectivity index (χ3v) is 3.38. The lowest BCUT2D eigenvalue weighted by Crippen LogP contribution is -2.60. The zero-order valence-electron chi connectivity index (χ0n) is 13.2. The minimum absolute atomic E-state index is 0.200.